The number of halogens is 3. The number of aliphatic hydroxyl groups is 1. The number of carbonyl (C=O) groups excluding carboxylic acids is 1. The van der Waals surface area contributed by atoms with E-state index in [1.165, 1.54) is 0 Å². The minimum Gasteiger partial charge on any atom is -0.387 e. The number of nitrogens with one attached hydrogen (secondary N) is 3. The van der Waals surface area contributed by atoms with Gasteiger partial charge in [0, 0.05) is 31.0 Å². The van der Waals surface area contributed by atoms with E-state index in [9.17, 15) is 23.1 Å². The monoisotopic (exact) mass is 490 g/mol. The zero-order valence-electron chi connectivity index (χ0n) is 19.7. The normalized spacial score (nSPS) is 11.8. The number of alkyl halides is 3. The summed E-state index contributed by atoms with van der Waals surface area (Å²) < 4.78 is 31.1. The Hall–Kier alpha value is -3.70. The molecule has 0 radical (unpaired) electrons. The first-order valence-corrected chi connectivity index (χ1v) is 10.7. The van der Waals surface area contributed by atoms with E-state index in [2.05, 4.69) is 25.9 Å². The zero-order valence-corrected chi connectivity index (χ0v) is 19.7. The molecule has 0 bridgehead atoms. The molecule has 1 aromatic heterocycles. The number of anilines is 4. The van der Waals surface area contributed by atoms with Gasteiger partial charge in [-0.1, -0.05) is 36.4 Å². The van der Waals surface area contributed by atoms with Crippen molar-refractivity contribution < 1.29 is 23.1 Å². The second-order valence-corrected chi connectivity index (χ2v) is 7.85. The van der Waals surface area contributed by atoms with Gasteiger partial charge in [-0.15, -0.1) is 0 Å². The van der Waals surface area contributed by atoms with E-state index in [4.69, 9.17) is 0 Å². The number of rotatable bonds is 9. The average Bonchev–Trinajstić information content (AvgIpc) is 2.77. The fourth-order valence-corrected chi connectivity index (χ4v) is 2.80. The molecule has 0 aliphatic carbocycles. The number of hydrogen-bond donors (Lipinski definition) is 4. The SMILES string of the molecule is CC(F)(F)F.CN(C)CC(=O)Nc1cccc(Nc2nccc(NCC(O)c3ccccc3)n2)c1. The quantitative estimate of drug-likeness (QED) is 0.352. The largest absolute Gasteiger partial charge is 0.387 e. The van der Waals surface area contributed by atoms with Gasteiger partial charge in [-0.25, -0.2) is 4.98 Å². The van der Waals surface area contributed by atoms with Gasteiger partial charge in [0.05, 0.1) is 12.6 Å². The van der Waals surface area contributed by atoms with Crippen LogP contribution in [-0.4, -0.2) is 59.2 Å². The molecular weight excluding hydrogens is 461 g/mol. The average molecular weight is 491 g/mol. The number of likely N-dealkylation sites (N-methyl/N-ethyl adjacent to an activating group) is 1. The summed E-state index contributed by atoms with van der Waals surface area (Å²) >= 11 is 0. The van der Waals surface area contributed by atoms with Crippen LogP contribution in [0.2, 0.25) is 0 Å². The van der Waals surface area contributed by atoms with Crippen molar-refractivity contribution in [3.63, 3.8) is 0 Å². The van der Waals surface area contributed by atoms with Gasteiger partial charge in [0.1, 0.15) is 5.82 Å². The van der Waals surface area contributed by atoms with Crippen LogP contribution in [0, 0.1) is 0 Å². The number of aliphatic hydroxyl groups excluding tert-OH is 1. The molecule has 0 saturated heterocycles. The molecule has 4 N–H and O–H groups in total. The van der Waals surface area contributed by atoms with Crippen molar-refractivity contribution in [1.82, 2.24) is 14.9 Å². The Labute approximate surface area is 202 Å². The highest BCUT2D eigenvalue weighted by atomic mass is 19.4. The molecule has 1 amide bonds. The third-order valence-corrected chi connectivity index (χ3v) is 4.18. The Kier molecular flexibility index (Phi) is 10.4. The first kappa shape index (κ1) is 27.5. The number of nitrogens with zero attached hydrogens (tertiary/aromatic N) is 3. The summed E-state index contributed by atoms with van der Waals surface area (Å²) in [6, 6.07) is 18.5. The fraction of sp³-hybridized carbons (Fsp3) is 0.292. The molecule has 3 rings (SSSR count). The lowest BCUT2D eigenvalue weighted by molar-refractivity contribution is -0.116. The van der Waals surface area contributed by atoms with Crippen molar-refractivity contribution in [2.75, 3.05) is 43.1 Å². The Morgan fingerprint density at radius 1 is 1.06 bits per heavy atom. The van der Waals surface area contributed by atoms with Crippen molar-refractivity contribution in [3.8, 4) is 0 Å². The van der Waals surface area contributed by atoms with Crippen LogP contribution in [0.25, 0.3) is 0 Å². The smallest absolute Gasteiger partial charge is 0.386 e. The minimum absolute atomic E-state index is 0.0865. The van der Waals surface area contributed by atoms with Gasteiger partial charge in [-0.3, -0.25) is 4.79 Å². The van der Waals surface area contributed by atoms with Gasteiger partial charge in [0.15, 0.2) is 0 Å². The standard InChI is InChI=1S/C22H26N6O2.C2H3F3/c1-28(2)15-21(30)25-17-9-6-10-18(13-17)26-22-23-12-11-20(27-22)24-14-19(29)16-7-4-3-5-8-16;1-2(3,4)5/h3-13,19,29H,14-15H2,1-2H3,(H,25,30)(H2,23,24,26,27);1H3. The van der Waals surface area contributed by atoms with Crippen LogP contribution in [0.15, 0.2) is 66.9 Å². The van der Waals surface area contributed by atoms with Gasteiger partial charge >= 0.3 is 6.18 Å². The molecular formula is C24H29F3N6O2. The number of hydrogen-bond acceptors (Lipinski definition) is 7. The molecule has 1 unspecified atom stereocenters. The maximum Gasteiger partial charge on any atom is 0.386 e. The Bertz CT molecular complexity index is 1060. The minimum atomic E-state index is -4.00. The van der Waals surface area contributed by atoms with Crippen molar-refractivity contribution in [2.24, 2.45) is 0 Å². The van der Waals surface area contributed by atoms with Crippen LogP contribution in [0.4, 0.5) is 36.3 Å². The second-order valence-electron chi connectivity index (χ2n) is 7.85. The molecule has 0 spiro atoms. The molecule has 188 valence electrons. The van der Waals surface area contributed by atoms with E-state index in [0.717, 1.165) is 11.3 Å². The second kappa shape index (κ2) is 13.3. The van der Waals surface area contributed by atoms with Crippen LogP contribution < -0.4 is 16.0 Å². The lowest BCUT2D eigenvalue weighted by Crippen LogP contribution is -2.27. The van der Waals surface area contributed by atoms with Gasteiger partial charge in [-0.2, -0.15) is 18.2 Å². The van der Waals surface area contributed by atoms with Gasteiger partial charge in [0.2, 0.25) is 11.9 Å². The maximum atomic E-state index is 11.9. The summed E-state index contributed by atoms with van der Waals surface area (Å²) in [7, 11) is 3.68. The highest BCUT2D eigenvalue weighted by Gasteiger charge is 2.15. The number of amides is 1. The molecule has 35 heavy (non-hydrogen) atoms. The predicted octanol–water partition coefficient (Wildman–Crippen LogP) is 4.43. The first-order valence-electron chi connectivity index (χ1n) is 10.7. The molecule has 2 aromatic carbocycles. The van der Waals surface area contributed by atoms with Crippen LogP contribution in [0.5, 0.6) is 0 Å². The number of benzene rings is 2. The molecule has 0 saturated carbocycles. The van der Waals surface area contributed by atoms with Gasteiger partial charge in [-0.05, 0) is 43.9 Å². The summed E-state index contributed by atoms with van der Waals surface area (Å²) in [6.07, 6.45) is -3.00. The molecule has 1 atom stereocenters. The highest BCUT2D eigenvalue weighted by Crippen LogP contribution is 2.19. The van der Waals surface area contributed by atoms with E-state index in [1.54, 1.807) is 17.2 Å². The fourth-order valence-electron chi connectivity index (χ4n) is 2.80. The van der Waals surface area contributed by atoms with Crippen LogP contribution in [-0.2, 0) is 4.79 Å². The Balaban J connectivity index is 0.000000784. The summed E-state index contributed by atoms with van der Waals surface area (Å²) in [4.78, 5) is 22.4. The van der Waals surface area contributed by atoms with Crippen molar-refractivity contribution >= 4 is 29.0 Å². The Morgan fingerprint density at radius 2 is 1.71 bits per heavy atom. The number of carbonyl (C=O) groups is 1. The first-order chi connectivity index (χ1) is 16.5. The van der Waals surface area contributed by atoms with E-state index in [1.807, 2.05) is 68.7 Å². The van der Waals surface area contributed by atoms with E-state index >= 15 is 0 Å². The molecule has 0 fully saturated rings. The van der Waals surface area contributed by atoms with E-state index < -0.39 is 12.3 Å². The third-order valence-electron chi connectivity index (χ3n) is 4.18. The molecule has 11 heteroatoms. The summed E-state index contributed by atoms with van der Waals surface area (Å²) in [6.45, 7) is 0.824. The van der Waals surface area contributed by atoms with Crippen molar-refractivity contribution in [1.29, 1.82) is 0 Å². The summed E-state index contributed by atoms with van der Waals surface area (Å²) in [5.41, 5.74) is 2.27. The van der Waals surface area contributed by atoms with E-state index in [0.29, 0.717) is 30.5 Å². The number of aromatic nitrogens is 2. The van der Waals surface area contributed by atoms with E-state index in [-0.39, 0.29) is 12.8 Å². The third kappa shape index (κ3) is 11.8. The molecule has 0 aliphatic rings. The highest BCUT2D eigenvalue weighted by molar-refractivity contribution is 5.92. The lowest BCUT2D eigenvalue weighted by atomic mass is 10.1. The molecule has 3 aromatic rings. The lowest BCUT2D eigenvalue weighted by Gasteiger charge is -2.13. The summed E-state index contributed by atoms with van der Waals surface area (Å²) in [5, 5.41) is 19.4. The molecule has 1 heterocycles. The topological polar surface area (TPSA) is 102 Å². The molecule has 0 aliphatic heterocycles. The Morgan fingerprint density at radius 3 is 2.37 bits per heavy atom. The van der Waals surface area contributed by atoms with Crippen LogP contribution in [0.3, 0.4) is 0 Å². The van der Waals surface area contributed by atoms with Gasteiger partial charge in [0.25, 0.3) is 0 Å². The summed E-state index contributed by atoms with van der Waals surface area (Å²) in [5.74, 6) is 0.917. The van der Waals surface area contributed by atoms with Crippen molar-refractivity contribution in [3.05, 3.63) is 72.4 Å². The maximum absolute atomic E-state index is 11.9. The van der Waals surface area contributed by atoms with Gasteiger partial charge < -0.3 is 26.0 Å². The van der Waals surface area contributed by atoms with Crippen molar-refractivity contribution in [2.45, 2.75) is 19.2 Å². The zero-order chi connectivity index (χ0) is 25.8. The molecule has 8 nitrogen and oxygen atoms in total. The van der Waals surface area contributed by atoms with Crippen LogP contribution in [0.1, 0.15) is 18.6 Å². The predicted molar refractivity (Wildman–Crippen MR) is 131 cm³/mol. The van der Waals surface area contributed by atoms with Crippen LogP contribution >= 0.6 is 0 Å².